The molecule has 2 heterocycles. The van der Waals surface area contributed by atoms with Gasteiger partial charge >= 0.3 is 0 Å². The maximum Gasteiger partial charge on any atom is 0.251 e. The van der Waals surface area contributed by atoms with Gasteiger partial charge in [0.15, 0.2) is 0 Å². The number of anilines is 1. The number of pyridine rings is 2. The topological polar surface area (TPSA) is 66.9 Å². The second-order valence-corrected chi connectivity index (χ2v) is 4.36. The van der Waals surface area contributed by atoms with Crippen LogP contribution in [-0.2, 0) is 6.54 Å². The van der Waals surface area contributed by atoms with Gasteiger partial charge < -0.3 is 10.6 Å². The van der Waals surface area contributed by atoms with Gasteiger partial charge in [-0.3, -0.25) is 9.78 Å². The molecule has 0 unspecified atom stereocenters. The summed E-state index contributed by atoms with van der Waals surface area (Å²) in [5, 5.41) is 6.00. The van der Waals surface area contributed by atoms with Crippen molar-refractivity contribution in [3.8, 4) is 0 Å². The smallest absolute Gasteiger partial charge is 0.251 e. The van der Waals surface area contributed by atoms with Crippen LogP contribution in [0.5, 0.6) is 0 Å². The summed E-state index contributed by atoms with van der Waals surface area (Å²) >= 11 is 0. The number of carbonyl (C=O) groups excluding carboxylic acids is 1. The normalized spacial score (nSPS) is 10.1. The van der Waals surface area contributed by atoms with Gasteiger partial charge in [-0.2, -0.15) is 0 Å². The summed E-state index contributed by atoms with van der Waals surface area (Å²) in [6.45, 7) is 3.34. The fourth-order valence-corrected chi connectivity index (χ4v) is 1.70. The van der Waals surface area contributed by atoms with E-state index in [1.54, 1.807) is 24.5 Å². The third-order valence-corrected chi connectivity index (χ3v) is 2.73. The number of nitrogens with zero attached hydrogens (tertiary/aromatic N) is 2. The lowest BCUT2D eigenvalue weighted by atomic mass is 10.2. The minimum atomic E-state index is -0.127. The molecule has 0 aliphatic heterocycles. The fourth-order valence-electron chi connectivity index (χ4n) is 1.70. The molecule has 2 N–H and O–H groups in total. The largest absolute Gasteiger partial charge is 0.370 e. The minimum Gasteiger partial charge on any atom is -0.370 e. The standard InChI is InChI=1S/C15H18N4O/c1-2-7-17-14-10-12(6-9-18-14)15(20)19-11-13-5-3-4-8-16-13/h3-6,8-10H,2,7,11H2,1H3,(H,17,18)(H,19,20). The van der Waals surface area contributed by atoms with Gasteiger partial charge in [0.1, 0.15) is 5.82 Å². The van der Waals surface area contributed by atoms with Crippen LogP contribution in [-0.4, -0.2) is 22.4 Å². The van der Waals surface area contributed by atoms with E-state index < -0.39 is 0 Å². The SMILES string of the molecule is CCCNc1cc(C(=O)NCc2ccccn2)ccn1. The van der Waals surface area contributed by atoms with Gasteiger partial charge in [-0.25, -0.2) is 4.98 Å². The van der Waals surface area contributed by atoms with Crippen molar-refractivity contribution in [1.82, 2.24) is 15.3 Å². The van der Waals surface area contributed by atoms with Crippen molar-refractivity contribution in [3.05, 3.63) is 54.0 Å². The zero-order chi connectivity index (χ0) is 14.2. The van der Waals surface area contributed by atoms with Crippen LogP contribution in [0.4, 0.5) is 5.82 Å². The Morgan fingerprint density at radius 1 is 1.20 bits per heavy atom. The Labute approximate surface area is 118 Å². The molecule has 0 atom stereocenters. The summed E-state index contributed by atoms with van der Waals surface area (Å²) in [7, 11) is 0. The molecule has 0 radical (unpaired) electrons. The van der Waals surface area contributed by atoms with E-state index in [4.69, 9.17) is 0 Å². The first-order valence-electron chi connectivity index (χ1n) is 6.67. The molecule has 1 amide bonds. The molecule has 5 nitrogen and oxygen atoms in total. The fraction of sp³-hybridized carbons (Fsp3) is 0.267. The summed E-state index contributed by atoms with van der Waals surface area (Å²) in [6.07, 6.45) is 4.35. The summed E-state index contributed by atoms with van der Waals surface area (Å²) in [6, 6.07) is 9.07. The van der Waals surface area contributed by atoms with Gasteiger partial charge in [0.2, 0.25) is 0 Å². The van der Waals surface area contributed by atoms with Crippen molar-refractivity contribution in [1.29, 1.82) is 0 Å². The van der Waals surface area contributed by atoms with E-state index in [0.717, 1.165) is 24.5 Å². The Kier molecular flexibility index (Phi) is 5.06. The zero-order valence-electron chi connectivity index (χ0n) is 11.5. The van der Waals surface area contributed by atoms with Crippen molar-refractivity contribution >= 4 is 11.7 Å². The summed E-state index contributed by atoms with van der Waals surface area (Å²) in [4.78, 5) is 20.4. The molecule has 2 rings (SSSR count). The van der Waals surface area contributed by atoms with E-state index >= 15 is 0 Å². The van der Waals surface area contributed by atoms with Crippen molar-refractivity contribution in [2.75, 3.05) is 11.9 Å². The molecule has 0 spiro atoms. The molecule has 0 aromatic carbocycles. The molecule has 104 valence electrons. The molecule has 0 fully saturated rings. The van der Waals surface area contributed by atoms with Crippen LogP contribution < -0.4 is 10.6 Å². The number of carbonyl (C=O) groups is 1. The van der Waals surface area contributed by atoms with Gasteiger partial charge in [0.05, 0.1) is 12.2 Å². The maximum absolute atomic E-state index is 12.0. The second kappa shape index (κ2) is 7.23. The number of hydrogen-bond acceptors (Lipinski definition) is 4. The number of rotatable bonds is 6. The van der Waals surface area contributed by atoms with Gasteiger partial charge in [-0.05, 0) is 30.7 Å². The Morgan fingerprint density at radius 3 is 2.85 bits per heavy atom. The molecule has 2 aromatic heterocycles. The predicted octanol–water partition coefficient (Wildman–Crippen LogP) is 2.23. The highest BCUT2D eigenvalue weighted by atomic mass is 16.1. The number of amides is 1. The molecule has 20 heavy (non-hydrogen) atoms. The van der Waals surface area contributed by atoms with E-state index in [1.807, 2.05) is 18.2 Å². The maximum atomic E-state index is 12.0. The van der Waals surface area contributed by atoms with Crippen LogP contribution in [0.2, 0.25) is 0 Å². The molecule has 0 aliphatic rings. The van der Waals surface area contributed by atoms with Crippen LogP contribution in [0.25, 0.3) is 0 Å². The first-order valence-corrected chi connectivity index (χ1v) is 6.67. The van der Waals surface area contributed by atoms with Gasteiger partial charge in [-0.1, -0.05) is 13.0 Å². The lowest BCUT2D eigenvalue weighted by molar-refractivity contribution is 0.0950. The molecule has 2 aromatic rings. The van der Waals surface area contributed by atoms with Crippen LogP contribution >= 0.6 is 0 Å². The van der Waals surface area contributed by atoms with Crippen LogP contribution in [0, 0.1) is 0 Å². The van der Waals surface area contributed by atoms with Crippen LogP contribution in [0.3, 0.4) is 0 Å². The molecule has 0 saturated heterocycles. The number of aromatic nitrogens is 2. The number of nitrogens with one attached hydrogen (secondary N) is 2. The summed E-state index contributed by atoms with van der Waals surface area (Å²) < 4.78 is 0. The quantitative estimate of drug-likeness (QED) is 0.844. The highest BCUT2D eigenvalue weighted by molar-refractivity contribution is 5.94. The predicted molar refractivity (Wildman–Crippen MR) is 78.4 cm³/mol. The molecule has 5 heteroatoms. The van der Waals surface area contributed by atoms with Crippen molar-refractivity contribution < 1.29 is 4.79 Å². The molecular formula is C15H18N4O. The van der Waals surface area contributed by atoms with E-state index in [-0.39, 0.29) is 5.91 Å². The first kappa shape index (κ1) is 14.0. The van der Waals surface area contributed by atoms with E-state index in [1.165, 1.54) is 0 Å². The van der Waals surface area contributed by atoms with Crippen molar-refractivity contribution in [2.24, 2.45) is 0 Å². The lowest BCUT2D eigenvalue weighted by Crippen LogP contribution is -2.23. The Balaban J connectivity index is 1.95. The average Bonchev–Trinajstić information content (AvgIpc) is 2.52. The molecule has 0 aliphatic carbocycles. The Morgan fingerprint density at radius 2 is 2.10 bits per heavy atom. The Hall–Kier alpha value is -2.43. The third-order valence-electron chi connectivity index (χ3n) is 2.73. The van der Waals surface area contributed by atoms with Crippen LogP contribution in [0.15, 0.2) is 42.7 Å². The zero-order valence-corrected chi connectivity index (χ0v) is 11.5. The molecule has 0 saturated carbocycles. The van der Waals surface area contributed by atoms with E-state index in [9.17, 15) is 4.79 Å². The van der Waals surface area contributed by atoms with E-state index in [2.05, 4.69) is 27.5 Å². The Bertz CT molecular complexity index is 557. The highest BCUT2D eigenvalue weighted by Gasteiger charge is 2.06. The van der Waals surface area contributed by atoms with Crippen molar-refractivity contribution in [3.63, 3.8) is 0 Å². The minimum absolute atomic E-state index is 0.127. The van der Waals surface area contributed by atoms with Gasteiger partial charge in [0.25, 0.3) is 5.91 Å². The second-order valence-electron chi connectivity index (χ2n) is 4.36. The average molecular weight is 270 g/mol. The van der Waals surface area contributed by atoms with Gasteiger partial charge in [-0.15, -0.1) is 0 Å². The lowest BCUT2D eigenvalue weighted by Gasteiger charge is -2.07. The third kappa shape index (κ3) is 4.05. The highest BCUT2D eigenvalue weighted by Crippen LogP contribution is 2.07. The summed E-state index contributed by atoms with van der Waals surface area (Å²) in [5.74, 6) is 0.593. The van der Waals surface area contributed by atoms with E-state index in [0.29, 0.717) is 12.1 Å². The van der Waals surface area contributed by atoms with Crippen molar-refractivity contribution in [2.45, 2.75) is 19.9 Å². The first-order chi connectivity index (χ1) is 9.79. The van der Waals surface area contributed by atoms with Gasteiger partial charge in [0, 0.05) is 24.5 Å². The number of hydrogen-bond donors (Lipinski definition) is 2. The summed E-state index contributed by atoms with van der Waals surface area (Å²) in [5.41, 5.74) is 1.42. The molecular weight excluding hydrogens is 252 g/mol. The molecule has 0 bridgehead atoms. The monoisotopic (exact) mass is 270 g/mol. The van der Waals surface area contributed by atoms with Crippen LogP contribution in [0.1, 0.15) is 29.4 Å².